The van der Waals surface area contributed by atoms with E-state index in [1.807, 2.05) is 4.06 Å². The molecule has 0 aliphatic heterocycles. The molecule has 119 valence electrons. The van der Waals surface area contributed by atoms with Gasteiger partial charge in [0.1, 0.15) is 0 Å². The number of hydrogen-bond acceptors (Lipinski definition) is 0. The fourth-order valence-corrected chi connectivity index (χ4v) is 12.0. The van der Waals surface area contributed by atoms with Gasteiger partial charge in [-0.25, -0.2) is 0 Å². The molecule has 0 atom stereocenters. The van der Waals surface area contributed by atoms with E-state index in [-0.39, 0.29) is 0 Å². The van der Waals surface area contributed by atoms with Gasteiger partial charge in [-0.2, -0.15) is 0 Å². The summed E-state index contributed by atoms with van der Waals surface area (Å²) in [4.78, 5) is 0. The summed E-state index contributed by atoms with van der Waals surface area (Å²) >= 11 is -1.63. The Morgan fingerprint density at radius 1 is 0.636 bits per heavy atom. The normalized spacial score (nSPS) is 21.1. The van der Waals surface area contributed by atoms with Gasteiger partial charge in [0.05, 0.1) is 0 Å². The quantitative estimate of drug-likeness (QED) is 0.447. The van der Waals surface area contributed by atoms with Crippen LogP contribution in [0.25, 0.3) is 0 Å². The van der Waals surface area contributed by atoms with Crippen molar-refractivity contribution < 1.29 is 33.8 Å². The predicted octanol–water partition coefficient (Wildman–Crippen LogP) is 6.48. The summed E-state index contributed by atoms with van der Waals surface area (Å²) < 4.78 is 5.56. The SMILES string of the molecule is CCC1=[C]([Gd]([C]2=C(CC)C=CC2)[C]2=C(CC)C=CC2)CC=C1. The summed E-state index contributed by atoms with van der Waals surface area (Å²) in [6, 6.07) is 0. The molecule has 0 spiro atoms. The molecule has 3 rings (SSSR count). The molecule has 0 heterocycles. The van der Waals surface area contributed by atoms with E-state index in [4.69, 9.17) is 0 Å². The monoisotopic (exact) mass is 437 g/mol. The summed E-state index contributed by atoms with van der Waals surface area (Å²) in [5.41, 5.74) is 4.97. The molecule has 0 aromatic heterocycles. The van der Waals surface area contributed by atoms with Crippen molar-refractivity contribution in [3.05, 3.63) is 57.2 Å². The summed E-state index contributed by atoms with van der Waals surface area (Å²) in [5, 5.41) is 0. The van der Waals surface area contributed by atoms with Crippen molar-refractivity contribution in [3.8, 4) is 0 Å². The molecule has 0 saturated carbocycles. The molecule has 0 N–H and O–H groups in total. The third-order valence-electron chi connectivity index (χ3n) is 4.64. The van der Waals surface area contributed by atoms with E-state index in [9.17, 15) is 0 Å². The van der Waals surface area contributed by atoms with Crippen molar-refractivity contribution in [1.29, 1.82) is 0 Å². The molecule has 0 aromatic rings. The fourth-order valence-electron chi connectivity index (χ4n) is 3.42. The van der Waals surface area contributed by atoms with Gasteiger partial charge in [-0.15, -0.1) is 0 Å². The van der Waals surface area contributed by atoms with Gasteiger partial charge in [-0.05, 0) is 0 Å². The van der Waals surface area contributed by atoms with E-state index in [0.29, 0.717) is 0 Å². The maximum absolute atomic E-state index is 2.41. The Hall–Kier alpha value is -0.235. The second kappa shape index (κ2) is 7.56. The molecule has 0 radical (unpaired) electrons. The standard InChI is InChI=1S/3C7H9.Gd/c3*1-2-7-5-3-4-6-7;/h3*3,5H,2,4H2,1H3;. The molecule has 22 heavy (non-hydrogen) atoms. The Bertz CT molecular complexity index is 544. The van der Waals surface area contributed by atoms with Crippen LogP contribution in [-0.4, -0.2) is 0 Å². The first kappa shape index (κ1) is 16.6. The van der Waals surface area contributed by atoms with Crippen molar-refractivity contribution in [1.82, 2.24) is 0 Å². The number of rotatable bonds is 6. The Morgan fingerprint density at radius 3 is 1.23 bits per heavy atom. The summed E-state index contributed by atoms with van der Waals surface area (Å²) in [6.07, 6.45) is 21.7. The van der Waals surface area contributed by atoms with E-state index in [1.54, 1.807) is 16.7 Å². The molecule has 3 aliphatic carbocycles. The molecule has 0 aromatic carbocycles. The van der Waals surface area contributed by atoms with Gasteiger partial charge < -0.3 is 0 Å². The van der Waals surface area contributed by atoms with Gasteiger partial charge in [-0.1, -0.05) is 0 Å². The van der Waals surface area contributed by atoms with Crippen LogP contribution in [0.3, 0.4) is 0 Å². The van der Waals surface area contributed by atoms with Gasteiger partial charge in [0.15, 0.2) is 0 Å². The first-order valence-electron chi connectivity index (χ1n) is 8.61. The van der Waals surface area contributed by atoms with Crippen molar-refractivity contribution >= 4 is 0 Å². The predicted molar refractivity (Wildman–Crippen MR) is 93.2 cm³/mol. The maximum atomic E-state index is 2.41. The molecule has 0 fully saturated rings. The summed E-state index contributed by atoms with van der Waals surface area (Å²) in [5.74, 6) is 0. The molecule has 1 heteroatoms. The molecular weight excluding hydrogens is 409 g/mol. The van der Waals surface area contributed by atoms with Crippen molar-refractivity contribution in [2.75, 3.05) is 0 Å². The van der Waals surface area contributed by atoms with Crippen LogP contribution in [0.1, 0.15) is 59.3 Å². The van der Waals surface area contributed by atoms with Gasteiger partial charge >= 0.3 is 150 Å². The molecule has 0 amide bonds. The van der Waals surface area contributed by atoms with Crippen molar-refractivity contribution in [2.24, 2.45) is 0 Å². The second-order valence-corrected chi connectivity index (χ2v) is 11.7. The zero-order chi connectivity index (χ0) is 15.5. The van der Waals surface area contributed by atoms with E-state index >= 15 is 0 Å². The first-order chi connectivity index (χ1) is 10.8. The minimum absolute atomic E-state index is 1.20. The Balaban J connectivity index is 2.09. The summed E-state index contributed by atoms with van der Waals surface area (Å²) in [6.45, 7) is 6.98. The molecule has 0 bridgehead atoms. The van der Waals surface area contributed by atoms with Crippen LogP contribution in [0.4, 0.5) is 0 Å². The minimum atomic E-state index is -1.63. The Labute approximate surface area is 149 Å². The van der Waals surface area contributed by atoms with Crippen LogP contribution < -0.4 is 0 Å². The van der Waals surface area contributed by atoms with Gasteiger partial charge in [0.2, 0.25) is 0 Å². The zero-order valence-corrected chi connectivity index (χ0v) is 16.3. The molecular formula is C21H27Gd. The molecule has 0 saturated heterocycles. The third-order valence-corrected chi connectivity index (χ3v) is 12.3. The summed E-state index contributed by atoms with van der Waals surface area (Å²) in [7, 11) is 0. The molecule has 0 nitrogen and oxygen atoms in total. The topological polar surface area (TPSA) is 0 Å². The van der Waals surface area contributed by atoms with Gasteiger partial charge in [0, 0.05) is 0 Å². The van der Waals surface area contributed by atoms with Crippen LogP contribution in [0.15, 0.2) is 57.2 Å². The third kappa shape index (κ3) is 3.05. The van der Waals surface area contributed by atoms with E-state index < -0.39 is 33.8 Å². The van der Waals surface area contributed by atoms with Crippen LogP contribution >= 0.6 is 0 Å². The van der Waals surface area contributed by atoms with Crippen molar-refractivity contribution in [2.45, 2.75) is 59.3 Å². The van der Waals surface area contributed by atoms with Gasteiger partial charge in [0.25, 0.3) is 0 Å². The zero-order valence-electron chi connectivity index (χ0n) is 14.1. The first-order valence-corrected chi connectivity index (χ1v) is 12.0. The van der Waals surface area contributed by atoms with Crippen molar-refractivity contribution in [3.63, 3.8) is 0 Å². The van der Waals surface area contributed by atoms with E-state index in [0.717, 1.165) is 0 Å². The Morgan fingerprint density at radius 2 is 0.955 bits per heavy atom. The second-order valence-electron chi connectivity index (χ2n) is 5.89. The van der Waals surface area contributed by atoms with Crippen LogP contribution in [-0.2, 0) is 0 Å². The van der Waals surface area contributed by atoms with Crippen LogP contribution in [0.2, 0.25) is 0 Å². The van der Waals surface area contributed by atoms with E-state index in [2.05, 4.69) is 57.2 Å². The van der Waals surface area contributed by atoms with Crippen LogP contribution in [0, 0.1) is 33.8 Å². The van der Waals surface area contributed by atoms with E-state index in [1.165, 1.54) is 38.5 Å². The molecule has 0 unspecified atom stereocenters. The fraction of sp³-hybridized carbons (Fsp3) is 0.429. The average molecular weight is 437 g/mol. The number of hydrogen-bond donors (Lipinski definition) is 0. The molecule has 3 aliphatic rings. The van der Waals surface area contributed by atoms with Crippen LogP contribution in [0.5, 0.6) is 0 Å². The average Bonchev–Trinajstić information content (AvgIpc) is 3.28. The number of allylic oxidation sites excluding steroid dienone is 12. The Kier molecular flexibility index (Phi) is 5.71. The van der Waals surface area contributed by atoms with Gasteiger partial charge in [-0.3, -0.25) is 0 Å².